The van der Waals surface area contributed by atoms with E-state index in [1.165, 1.54) is 0 Å². The number of H-pyrrole nitrogens is 1. The topological polar surface area (TPSA) is 55.7 Å². The van der Waals surface area contributed by atoms with Gasteiger partial charge in [-0.25, -0.2) is 4.98 Å². The standard InChI is InChI=1S/C22H18N4O/c1-26-20-12-9-15(14-7-10-16(27-2)11-8-14)13-17(20)21(25-26)22-23-18-5-3-4-6-19(18)24-22/h3-13H,1-2H3,(H,23,24). The molecule has 0 radical (unpaired) electrons. The van der Waals surface area contributed by atoms with Crippen molar-refractivity contribution in [3.05, 3.63) is 66.7 Å². The fraction of sp³-hybridized carbons (Fsp3) is 0.0909. The Hall–Kier alpha value is -3.60. The Balaban J connectivity index is 1.68. The lowest BCUT2D eigenvalue weighted by atomic mass is 10.0. The maximum absolute atomic E-state index is 5.26. The van der Waals surface area contributed by atoms with Crippen molar-refractivity contribution in [2.75, 3.05) is 7.11 Å². The molecule has 5 heteroatoms. The molecule has 1 N–H and O–H groups in total. The van der Waals surface area contributed by atoms with Crippen LogP contribution < -0.4 is 4.74 Å². The molecule has 5 rings (SSSR count). The van der Waals surface area contributed by atoms with E-state index in [9.17, 15) is 0 Å². The number of methoxy groups -OCH3 is 1. The number of aromatic amines is 1. The smallest absolute Gasteiger partial charge is 0.159 e. The lowest BCUT2D eigenvalue weighted by Crippen LogP contribution is -1.90. The number of nitrogens with zero attached hydrogens (tertiary/aromatic N) is 3. The molecule has 0 atom stereocenters. The van der Waals surface area contributed by atoms with Crippen LogP contribution in [0.15, 0.2) is 66.7 Å². The van der Waals surface area contributed by atoms with Crippen LogP contribution in [0.4, 0.5) is 0 Å². The molecule has 0 amide bonds. The molecular formula is C22H18N4O. The van der Waals surface area contributed by atoms with Crippen LogP contribution in [0.25, 0.3) is 44.6 Å². The fourth-order valence-electron chi connectivity index (χ4n) is 3.47. The first-order valence-corrected chi connectivity index (χ1v) is 8.79. The Kier molecular flexibility index (Phi) is 3.47. The van der Waals surface area contributed by atoms with Gasteiger partial charge >= 0.3 is 0 Å². The average Bonchev–Trinajstić information content (AvgIpc) is 3.29. The van der Waals surface area contributed by atoms with Crippen molar-refractivity contribution in [2.24, 2.45) is 7.05 Å². The Morgan fingerprint density at radius 2 is 1.70 bits per heavy atom. The summed E-state index contributed by atoms with van der Waals surface area (Å²) < 4.78 is 7.16. The number of rotatable bonds is 3. The second-order valence-electron chi connectivity index (χ2n) is 6.54. The van der Waals surface area contributed by atoms with Gasteiger partial charge in [-0.2, -0.15) is 5.10 Å². The number of benzene rings is 3. The first-order chi connectivity index (χ1) is 13.2. The normalized spacial score (nSPS) is 11.3. The predicted molar refractivity (Wildman–Crippen MR) is 108 cm³/mol. The SMILES string of the molecule is COc1ccc(-c2ccc3c(c2)c(-c2nc4ccccc4[nH]2)nn3C)cc1. The molecule has 132 valence electrons. The monoisotopic (exact) mass is 354 g/mol. The van der Waals surface area contributed by atoms with Crippen LogP contribution in [0.3, 0.4) is 0 Å². The van der Waals surface area contributed by atoms with Gasteiger partial charge in [0.2, 0.25) is 0 Å². The number of hydrogen-bond donors (Lipinski definition) is 1. The molecule has 5 aromatic rings. The van der Waals surface area contributed by atoms with Crippen LogP contribution in [0.1, 0.15) is 0 Å². The second-order valence-corrected chi connectivity index (χ2v) is 6.54. The molecule has 0 saturated heterocycles. The molecule has 0 saturated carbocycles. The Bertz CT molecular complexity index is 1230. The lowest BCUT2D eigenvalue weighted by molar-refractivity contribution is 0.415. The number of nitrogens with one attached hydrogen (secondary N) is 1. The van der Waals surface area contributed by atoms with Crippen LogP contribution >= 0.6 is 0 Å². The van der Waals surface area contributed by atoms with Gasteiger partial charge in [0.1, 0.15) is 11.4 Å². The van der Waals surface area contributed by atoms with Crippen molar-refractivity contribution in [2.45, 2.75) is 0 Å². The maximum Gasteiger partial charge on any atom is 0.159 e. The minimum absolute atomic E-state index is 0.786. The van der Waals surface area contributed by atoms with Crippen LogP contribution in [0.5, 0.6) is 5.75 Å². The predicted octanol–water partition coefficient (Wildman–Crippen LogP) is 4.79. The summed E-state index contributed by atoms with van der Waals surface area (Å²) in [7, 11) is 3.64. The molecular weight excluding hydrogens is 336 g/mol. The zero-order valence-corrected chi connectivity index (χ0v) is 15.1. The van der Waals surface area contributed by atoms with Gasteiger partial charge in [-0.05, 0) is 47.5 Å². The summed E-state index contributed by atoms with van der Waals surface area (Å²) in [4.78, 5) is 8.11. The van der Waals surface area contributed by atoms with Gasteiger partial charge in [0.05, 0.1) is 23.7 Å². The summed E-state index contributed by atoms with van der Waals surface area (Å²) in [6, 6.07) is 22.5. The van der Waals surface area contributed by atoms with E-state index in [0.29, 0.717) is 0 Å². The molecule has 0 unspecified atom stereocenters. The van der Waals surface area contributed by atoms with Gasteiger partial charge in [-0.1, -0.05) is 30.3 Å². The number of imidazole rings is 1. The van der Waals surface area contributed by atoms with Crippen LogP contribution in [-0.4, -0.2) is 26.9 Å². The van der Waals surface area contributed by atoms with E-state index in [2.05, 4.69) is 35.3 Å². The van der Waals surface area contributed by atoms with E-state index in [1.54, 1.807) is 7.11 Å². The molecule has 0 spiro atoms. The summed E-state index contributed by atoms with van der Waals surface area (Å²) in [5.41, 5.74) is 6.16. The van der Waals surface area contributed by atoms with Gasteiger partial charge in [-0.3, -0.25) is 4.68 Å². The van der Waals surface area contributed by atoms with E-state index >= 15 is 0 Å². The van der Waals surface area contributed by atoms with Gasteiger partial charge < -0.3 is 9.72 Å². The van der Waals surface area contributed by atoms with Gasteiger partial charge in [0.15, 0.2) is 5.82 Å². The molecule has 3 aromatic carbocycles. The van der Waals surface area contributed by atoms with Crippen LogP contribution in [-0.2, 0) is 7.05 Å². The number of fused-ring (bicyclic) bond motifs is 2. The molecule has 2 heterocycles. The third kappa shape index (κ3) is 2.56. The van der Waals surface area contributed by atoms with Gasteiger partial charge in [0, 0.05) is 12.4 Å². The minimum atomic E-state index is 0.786. The summed E-state index contributed by atoms with van der Waals surface area (Å²) in [5, 5.41) is 5.79. The average molecular weight is 354 g/mol. The highest BCUT2D eigenvalue weighted by atomic mass is 16.5. The number of ether oxygens (including phenoxy) is 1. The lowest BCUT2D eigenvalue weighted by Gasteiger charge is -2.05. The third-order valence-corrected chi connectivity index (χ3v) is 4.89. The van der Waals surface area contributed by atoms with E-state index in [0.717, 1.165) is 50.3 Å². The van der Waals surface area contributed by atoms with Crippen molar-refractivity contribution < 1.29 is 4.74 Å². The highest BCUT2D eigenvalue weighted by Gasteiger charge is 2.15. The first kappa shape index (κ1) is 15.6. The summed E-state index contributed by atoms with van der Waals surface area (Å²) in [6.07, 6.45) is 0. The van der Waals surface area contributed by atoms with E-state index < -0.39 is 0 Å². The number of para-hydroxylation sites is 2. The van der Waals surface area contributed by atoms with E-state index in [-0.39, 0.29) is 0 Å². The van der Waals surface area contributed by atoms with Gasteiger partial charge in [-0.15, -0.1) is 0 Å². The Morgan fingerprint density at radius 1 is 0.926 bits per heavy atom. The molecule has 0 fully saturated rings. The van der Waals surface area contributed by atoms with Crippen molar-refractivity contribution in [1.29, 1.82) is 0 Å². The summed E-state index contributed by atoms with van der Waals surface area (Å²) in [6.45, 7) is 0. The molecule has 0 bridgehead atoms. The molecule has 5 nitrogen and oxygen atoms in total. The first-order valence-electron chi connectivity index (χ1n) is 8.79. The van der Waals surface area contributed by atoms with Gasteiger partial charge in [0.25, 0.3) is 0 Å². The molecule has 0 aliphatic heterocycles. The zero-order chi connectivity index (χ0) is 18.4. The van der Waals surface area contributed by atoms with Crippen molar-refractivity contribution in [3.8, 4) is 28.4 Å². The highest BCUT2D eigenvalue weighted by Crippen LogP contribution is 2.31. The summed E-state index contributed by atoms with van der Waals surface area (Å²) >= 11 is 0. The Labute approximate surface area is 156 Å². The fourth-order valence-corrected chi connectivity index (χ4v) is 3.47. The highest BCUT2D eigenvalue weighted by molar-refractivity contribution is 5.96. The number of aromatic nitrogens is 4. The Morgan fingerprint density at radius 3 is 2.48 bits per heavy atom. The van der Waals surface area contributed by atoms with Crippen LogP contribution in [0, 0.1) is 0 Å². The molecule has 2 aromatic heterocycles. The minimum Gasteiger partial charge on any atom is -0.497 e. The summed E-state index contributed by atoms with van der Waals surface area (Å²) in [5.74, 6) is 1.64. The zero-order valence-electron chi connectivity index (χ0n) is 15.1. The maximum atomic E-state index is 5.26. The number of aryl methyl sites for hydroxylation is 1. The largest absolute Gasteiger partial charge is 0.497 e. The van der Waals surface area contributed by atoms with Crippen molar-refractivity contribution >= 4 is 21.9 Å². The number of hydrogen-bond acceptors (Lipinski definition) is 3. The third-order valence-electron chi connectivity index (χ3n) is 4.89. The second kappa shape index (κ2) is 5.99. The van der Waals surface area contributed by atoms with Crippen molar-refractivity contribution in [3.63, 3.8) is 0 Å². The van der Waals surface area contributed by atoms with E-state index in [1.807, 2.05) is 48.1 Å². The molecule has 0 aliphatic rings. The van der Waals surface area contributed by atoms with Crippen LogP contribution in [0.2, 0.25) is 0 Å². The van der Waals surface area contributed by atoms with Crippen molar-refractivity contribution in [1.82, 2.24) is 19.7 Å². The quantitative estimate of drug-likeness (QED) is 0.507. The molecule has 27 heavy (non-hydrogen) atoms. The molecule has 0 aliphatic carbocycles. The van der Waals surface area contributed by atoms with E-state index in [4.69, 9.17) is 14.8 Å².